The first-order valence-electron chi connectivity index (χ1n) is 9.92. The monoisotopic (exact) mass is 423 g/mol. The minimum atomic E-state index is -1.15. The molecule has 0 unspecified atom stereocenters. The van der Waals surface area contributed by atoms with E-state index in [1.807, 2.05) is 0 Å². The van der Waals surface area contributed by atoms with Gasteiger partial charge in [0.1, 0.15) is 5.41 Å². The zero-order valence-electron chi connectivity index (χ0n) is 17.4. The Kier molecular flexibility index (Phi) is 6.74. The molecule has 0 bridgehead atoms. The molecule has 0 aliphatic heterocycles. The van der Waals surface area contributed by atoms with Crippen LogP contribution in [0.5, 0.6) is 0 Å². The van der Waals surface area contributed by atoms with Gasteiger partial charge in [0.2, 0.25) is 17.7 Å². The predicted octanol–water partition coefficient (Wildman–Crippen LogP) is -0.848. The molecule has 1 aliphatic rings. The summed E-state index contributed by atoms with van der Waals surface area (Å²) < 4.78 is 5.06. The SMILES string of the molecule is COBNCCC1(C(=O)NN)c2ccc(C(N)=O)cc2CCc2cc(C(N)=O)ccc21. The number of hydrazine groups is 1. The van der Waals surface area contributed by atoms with Crippen molar-refractivity contribution in [2.45, 2.75) is 24.7 Å². The summed E-state index contributed by atoms with van der Waals surface area (Å²) in [5.74, 6) is 4.16. The Bertz CT molecular complexity index is 961. The van der Waals surface area contributed by atoms with Crippen LogP contribution < -0.4 is 28.0 Å². The molecule has 2 aromatic rings. The molecule has 0 radical (unpaired) electrons. The van der Waals surface area contributed by atoms with Crippen LogP contribution in [-0.2, 0) is 27.7 Å². The molecule has 3 rings (SSSR count). The van der Waals surface area contributed by atoms with Crippen molar-refractivity contribution in [3.63, 3.8) is 0 Å². The minimum Gasteiger partial charge on any atom is -0.427 e. The number of primary amides is 2. The highest BCUT2D eigenvalue weighted by Crippen LogP contribution is 2.43. The van der Waals surface area contributed by atoms with Crippen molar-refractivity contribution >= 4 is 25.3 Å². The van der Waals surface area contributed by atoms with E-state index >= 15 is 0 Å². The second-order valence-electron chi connectivity index (χ2n) is 7.53. The van der Waals surface area contributed by atoms with Crippen molar-refractivity contribution in [2.24, 2.45) is 17.3 Å². The molecular formula is C21H26BN5O4. The van der Waals surface area contributed by atoms with Crippen molar-refractivity contribution in [1.82, 2.24) is 10.7 Å². The van der Waals surface area contributed by atoms with Crippen LogP contribution in [0.3, 0.4) is 0 Å². The molecule has 162 valence electrons. The number of nitrogens with one attached hydrogen (secondary N) is 2. The molecule has 9 nitrogen and oxygen atoms in total. The van der Waals surface area contributed by atoms with Gasteiger partial charge in [0.05, 0.1) is 0 Å². The average Bonchev–Trinajstić information content (AvgIpc) is 2.90. The van der Waals surface area contributed by atoms with E-state index in [0.717, 1.165) is 22.3 Å². The highest BCUT2D eigenvalue weighted by atomic mass is 16.4. The molecule has 10 heteroatoms. The molecule has 0 heterocycles. The molecule has 31 heavy (non-hydrogen) atoms. The number of benzene rings is 2. The van der Waals surface area contributed by atoms with Crippen molar-refractivity contribution in [3.8, 4) is 0 Å². The highest BCUT2D eigenvalue weighted by molar-refractivity contribution is 6.23. The summed E-state index contributed by atoms with van der Waals surface area (Å²) in [4.78, 5) is 36.9. The second-order valence-corrected chi connectivity index (χ2v) is 7.53. The summed E-state index contributed by atoms with van der Waals surface area (Å²) in [5.41, 5.74) is 16.0. The number of fused-ring (bicyclic) bond motifs is 2. The summed E-state index contributed by atoms with van der Waals surface area (Å²) in [7, 11) is 1.89. The van der Waals surface area contributed by atoms with Gasteiger partial charge in [0, 0.05) is 18.2 Å². The smallest absolute Gasteiger partial charge is 0.360 e. The molecule has 0 fully saturated rings. The molecule has 0 atom stereocenters. The molecule has 8 N–H and O–H groups in total. The van der Waals surface area contributed by atoms with Crippen LogP contribution in [0.15, 0.2) is 36.4 Å². The van der Waals surface area contributed by atoms with Crippen molar-refractivity contribution in [1.29, 1.82) is 0 Å². The van der Waals surface area contributed by atoms with Gasteiger partial charge >= 0.3 is 7.62 Å². The van der Waals surface area contributed by atoms with Crippen LogP contribution in [0.4, 0.5) is 0 Å². The second kappa shape index (κ2) is 9.30. The first kappa shape index (κ1) is 22.5. The summed E-state index contributed by atoms with van der Waals surface area (Å²) in [6, 6.07) is 10.2. The van der Waals surface area contributed by atoms with Gasteiger partial charge in [-0.3, -0.25) is 19.8 Å². The first-order chi connectivity index (χ1) is 14.8. The van der Waals surface area contributed by atoms with Gasteiger partial charge in [0.25, 0.3) is 0 Å². The van der Waals surface area contributed by atoms with E-state index in [-0.39, 0.29) is 0 Å². The summed E-state index contributed by atoms with van der Waals surface area (Å²) in [6.07, 6.45) is 1.47. The molecule has 1 aliphatic carbocycles. The Balaban J connectivity index is 2.26. The number of carbonyl (C=O) groups is 3. The maximum Gasteiger partial charge on any atom is 0.360 e. The van der Waals surface area contributed by atoms with Gasteiger partial charge < -0.3 is 21.3 Å². The van der Waals surface area contributed by atoms with E-state index in [2.05, 4.69) is 10.7 Å². The zero-order chi connectivity index (χ0) is 22.6. The Hall–Kier alpha value is -3.21. The Morgan fingerprint density at radius 1 is 1.00 bits per heavy atom. The van der Waals surface area contributed by atoms with Crippen molar-refractivity contribution < 1.29 is 19.0 Å². The Morgan fingerprint density at radius 3 is 1.94 bits per heavy atom. The van der Waals surface area contributed by atoms with Gasteiger partial charge in [-0.05, 0) is 72.3 Å². The summed E-state index contributed by atoms with van der Waals surface area (Å²) >= 11 is 0. The van der Waals surface area contributed by atoms with E-state index in [1.54, 1.807) is 43.5 Å². The van der Waals surface area contributed by atoms with Crippen LogP contribution in [0, 0.1) is 0 Å². The number of rotatable bonds is 8. The fourth-order valence-corrected chi connectivity index (χ4v) is 4.36. The largest absolute Gasteiger partial charge is 0.427 e. The lowest BCUT2D eigenvalue weighted by atomic mass is 9.69. The van der Waals surface area contributed by atoms with Crippen LogP contribution in [0.25, 0.3) is 0 Å². The number of hydrogen-bond acceptors (Lipinski definition) is 6. The molecule has 0 saturated carbocycles. The number of aryl methyl sites for hydroxylation is 2. The normalized spacial score (nSPS) is 14.0. The minimum absolute atomic E-state index is 0.321. The predicted molar refractivity (Wildman–Crippen MR) is 117 cm³/mol. The van der Waals surface area contributed by atoms with Gasteiger partial charge in [-0.1, -0.05) is 12.1 Å². The topological polar surface area (TPSA) is 163 Å². The van der Waals surface area contributed by atoms with Crippen molar-refractivity contribution in [3.05, 3.63) is 69.8 Å². The lowest BCUT2D eigenvalue weighted by Crippen LogP contribution is -2.50. The lowest BCUT2D eigenvalue weighted by Gasteiger charge is -2.35. The van der Waals surface area contributed by atoms with Crippen molar-refractivity contribution in [2.75, 3.05) is 13.7 Å². The lowest BCUT2D eigenvalue weighted by molar-refractivity contribution is -0.125. The van der Waals surface area contributed by atoms with Crippen LogP contribution in [0.2, 0.25) is 0 Å². The fourth-order valence-electron chi connectivity index (χ4n) is 4.36. The number of nitrogens with two attached hydrogens (primary N) is 3. The molecule has 0 aromatic heterocycles. The van der Waals surface area contributed by atoms with E-state index in [0.29, 0.717) is 44.6 Å². The maximum atomic E-state index is 13.4. The van der Waals surface area contributed by atoms with Crippen LogP contribution >= 0.6 is 0 Å². The molecule has 2 aromatic carbocycles. The van der Waals surface area contributed by atoms with E-state index in [9.17, 15) is 14.4 Å². The Labute approximate surface area is 180 Å². The number of amides is 3. The maximum absolute atomic E-state index is 13.4. The average molecular weight is 423 g/mol. The van der Waals surface area contributed by atoms with Gasteiger partial charge in [-0.2, -0.15) is 0 Å². The number of hydrogen-bond donors (Lipinski definition) is 5. The van der Waals surface area contributed by atoms with E-state index in [1.165, 1.54) is 0 Å². The Morgan fingerprint density at radius 2 is 1.52 bits per heavy atom. The van der Waals surface area contributed by atoms with Gasteiger partial charge in [-0.25, -0.2) is 5.84 Å². The van der Waals surface area contributed by atoms with Crippen LogP contribution in [-0.4, -0.2) is 39.0 Å². The fraction of sp³-hybridized carbons (Fsp3) is 0.286. The third kappa shape index (κ3) is 4.18. The third-order valence-electron chi connectivity index (χ3n) is 5.80. The highest BCUT2D eigenvalue weighted by Gasteiger charge is 2.45. The zero-order valence-corrected chi connectivity index (χ0v) is 17.4. The molecule has 0 saturated heterocycles. The third-order valence-corrected chi connectivity index (χ3v) is 5.80. The van der Waals surface area contributed by atoms with Crippen LogP contribution in [0.1, 0.15) is 49.4 Å². The molecule has 0 spiro atoms. The first-order valence-corrected chi connectivity index (χ1v) is 9.92. The van der Waals surface area contributed by atoms with E-state index < -0.39 is 23.1 Å². The summed E-state index contributed by atoms with van der Waals surface area (Å²) in [5, 5.41) is 3.14. The standard InChI is InChI=1S/C21H26BN5O4/c1-31-22-26-9-8-21(20(30)27-25)16-6-4-14(18(23)28)10-12(16)2-3-13-11-15(19(24)29)5-7-17(13)21/h4-7,10-11,22,26H,2-3,8-9,25H2,1H3,(H2,23,28)(H2,24,29)(H,27,30). The van der Waals surface area contributed by atoms with E-state index in [4.69, 9.17) is 22.0 Å². The van der Waals surface area contributed by atoms with Gasteiger partial charge in [-0.15, -0.1) is 0 Å². The molecule has 3 amide bonds. The number of carbonyl (C=O) groups excluding carboxylic acids is 3. The molecular weight excluding hydrogens is 397 g/mol. The van der Waals surface area contributed by atoms with Gasteiger partial charge in [0.15, 0.2) is 0 Å². The summed E-state index contributed by atoms with van der Waals surface area (Å²) in [6.45, 7) is 0.454. The quantitative estimate of drug-likeness (QED) is 0.122.